The Hall–Kier alpha value is -2.09. The van der Waals surface area contributed by atoms with E-state index in [2.05, 4.69) is 10.6 Å². The Morgan fingerprint density at radius 3 is 2.35 bits per heavy atom. The molecule has 0 bridgehead atoms. The molecule has 2 amide bonds. The zero-order valence-electron chi connectivity index (χ0n) is 13.3. The number of hydrogen-bond acceptors (Lipinski definition) is 2. The third kappa shape index (κ3) is 5.90. The molecule has 0 spiro atoms. The fourth-order valence-corrected chi connectivity index (χ4v) is 1.86. The minimum Gasteiger partial charge on any atom is -0.349 e. The maximum Gasteiger partial charge on any atom is 0.279 e. The van der Waals surface area contributed by atoms with Gasteiger partial charge in [0.05, 0.1) is 12.7 Å². The van der Waals surface area contributed by atoms with E-state index in [1.54, 1.807) is 7.05 Å². The third-order valence-electron chi connectivity index (χ3n) is 3.25. The smallest absolute Gasteiger partial charge is 0.279 e. The summed E-state index contributed by atoms with van der Waals surface area (Å²) in [5.41, 5.74) is -0.439. The molecule has 128 valence electrons. The Labute approximate surface area is 132 Å². The zero-order valence-corrected chi connectivity index (χ0v) is 13.3. The number of hydrogen-bond donors (Lipinski definition) is 3. The number of halogens is 3. The number of amides is 2. The van der Waals surface area contributed by atoms with Crippen LogP contribution in [0.1, 0.15) is 20.3 Å². The Kier molecular flexibility index (Phi) is 7.02. The van der Waals surface area contributed by atoms with Crippen molar-refractivity contribution >= 4 is 17.5 Å². The van der Waals surface area contributed by atoms with Crippen molar-refractivity contribution in [3.63, 3.8) is 0 Å². The first-order valence-electron chi connectivity index (χ1n) is 7.28. The molecule has 2 atom stereocenters. The second-order valence-electron chi connectivity index (χ2n) is 5.46. The van der Waals surface area contributed by atoms with E-state index < -0.39 is 29.0 Å². The number of carbonyl (C=O) groups excluding carboxylic acids is 2. The van der Waals surface area contributed by atoms with E-state index in [0.29, 0.717) is 4.90 Å². The number of nitrogens with one attached hydrogen (secondary N) is 3. The van der Waals surface area contributed by atoms with Crippen molar-refractivity contribution in [2.45, 2.75) is 26.3 Å². The molecule has 0 saturated carbocycles. The van der Waals surface area contributed by atoms with Gasteiger partial charge in [0.15, 0.2) is 30.5 Å². The standard InChI is InChI=1S/C15H20F3N3O2/c1-4-9(2)19-12(22)7-21(3)8-13(23)20-11-6-5-10(16)14(17)15(11)18/h5-6,9H,4,7-8H2,1-3H3,(H,19,22)(H,20,23)/p+1/t9-/m1/s1. The molecule has 3 N–H and O–H groups in total. The lowest BCUT2D eigenvalue weighted by Crippen LogP contribution is -3.11. The zero-order chi connectivity index (χ0) is 17.6. The molecule has 0 aliphatic carbocycles. The van der Waals surface area contributed by atoms with E-state index in [1.807, 2.05) is 13.8 Å². The summed E-state index contributed by atoms with van der Waals surface area (Å²) in [5.74, 6) is -5.24. The van der Waals surface area contributed by atoms with Gasteiger partial charge in [-0.25, -0.2) is 13.2 Å². The summed E-state index contributed by atoms with van der Waals surface area (Å²) >= 11 is 0. The van der Waals surface area contributed by atoms with Crippen LogP contribution in [-0.4, -0.2) is 38.0 Å². The molecule has 0 aliphatic rings. The van der Waals surface area contributed by atoms with E-state index in [9.17, 15) is 22.8 Å². The van der Waals surface area contributed by atoms with Crippen molar-refractivity contribution < 1.29 is 27.7 Å². The largest absolute Gasteiger partial charge is 0.349 e. The van der Waals surface area contributed by atoms with Crippen LogP contribution in [0, 0.1) is 17.5 Å². The number of carbonyl (C=O) groups is 2. The first kappa shape index (κ1) is 19.0. The van der Waals surface area contributed by atoms with Crippen LogP contribution in [0.5, 0.6) is 0 Å². The summed E-state index contributed by atoms with van der Waals surface area (Å²) < 4.78 is 39.3. The Balaban J connectivity index is 2.53. The van der Waals surface area contributed by atoms with Crippen LogP contribution in [-0.2, 0) is 9.59 Å². The van der Waals surface area contributed by atoms with Crippen molar-refractivity contribution in [3.05, 3.63) is 29.6 Å². The molecular formula is C15H21F3N3O2+. The SMILES string of the molecule is CC[C@@H](C)NC(=O)C[NH+](C)CC(=O)Nc1ccc(F)c(F)c1F. The van der Waals surface area contributed by atoms with Gasteiger partial charge in [0.1, 0.15) is 0 Å². The van der Waals surface area contributed by atoms with Crippen molar-refractivity contribution in [1.82, 2.24) is 5.32 Å². The lowest BCUT2D eigenvalue weighted by molar-refractivity contribution is -0.862. The van der Waals surface area contributed by atoms with Crippen LogP contribution in [0.15, 0.2) is 12.1 Å². The molecule has 0 saturated heterocycles. The van der Waals surface area contributed by atoms with E-state index >= 15 is 0 Å². The summed E-state index contributed by atoms with van der Waals surface area (Å²) in [4.78, 5) is 24.0. The molecule has 5 nitrogen and oxygen atoms in total. The highest BCUT2D eigenvalue weighted by molar-refractivity contribution is 5.91. The van der Waals surface area contributed by atoms with Crippen LogP contribution in [0.4, 0.5) is 18.9 Å². The van der Waals surface area contributed by atoms with Crippen LogP contribution in [0.3, 0.4) is 0 Å². The highest BCUT2D eigenvalue weighted by Gasteiger charge is 2.18. The normalized spacial score (nSPS) is 13.3. The van der Waals surface area contributed by atoms with Crippen molar-refractivity contribution in [1.29, 1.82) is 0 Å². The molecule has 0 fully saturated rings. The molecule has 1 rings (SSSR count). The Morgan fingerprint density at radius 2 is 1.74 bits per heavy atom. The molecule has 1 aromatic rings. The summed E-state index contributed by atoms with van der Waals surface area (Å²) in [6.07, 6.45) is 0.792. The minimum absolute atomic E-state index is 0.0420. The molecule has 1 unspecified atom stereocenters. The van der Waals surface area contributed by atoms with E-state index in [0.717, 1.165) is 18.6 Å². The van der Waals surface area contributed by atoms with Gasteiger partial charge >= 0.3 is 0 Å². The van der Waals surface area contributed by atoms with Crippen LogP contribution < -0.4 is 15.5 Å². The van der Waals surface area contributed by atoms with Gasteiger partial charge in [0.2, 0.25) is 0 Å². The first-order valence-corrected chi connectivity index (χ1v) is 7.28. The van der Waals surface area contributed by atoms with Gasteiger partial charge in [-0.2, -0.15) is 0 Å². The minimum atomic E-state index is -1.64. The second-order valence-corrected chi connectivity index (χ2v) is 5.46. The van der Waals surface area contributed by atoms with Gasteiger partial charge in [-0.15, -0.1) is 0 Å². The van der Waals surface area contributed by atoms with Crippen molar-refractivity contribution in [3.8, 4) is 0 Å². The highest BCUT2D eigenvalue weighted by atomic mass is 19.2. The number of likely N-dealkylation sites (N-methyl/N-ethyl adjacent to an activating group) is 1. The van der Waals surface area contributed by atoms with Crippen LogP contribution in [0.25, 0.3) is 0 Å². The Morgan fingerprint density at radius 1 is 1.13 bits per heavy atom. The predicted octanol–water partition coefficient (Wildman–Crippen LogP) is 0.472. The van der Waals surface area contributed by atoms with E-state index in [1.165, 1.54) is 0 Å². The van der Waals surface area contributed by atoms with E-state index in [-0.39, 0.29) is 25.0 Å². The maximum atomic E-state index is 13.5. The van der Waals surface area contributed by atoms with Crippen LogP contribution in [0.2, 0.25) is 0 Å². The lowest BCUT2D eigenvalue weighted by Gasteiger charge is -2.16. The van der Waals surface area contributed by atoms with Crippen molar-refractivity contribution in [2.24, 2.45) is 0 Å². The summed E-state index contributed by atoms with van der Waals surface area (Å²) in [6.45, 7) is 3.75. The summed E-state index contributed by atoms with van der Waals surface area (Å²) in [6, 6.07) is 1.71. The molecule has 1 aromatic carbocycles. The molecule has 0 heterocycles. The summed E-state index contributed by atoms with van der Waals surface area (Å²) in [5, 5.41) is 4.92. The first-order chi connectivity index (χ1) is 10.7. The number of benzene rings is 1. The maximum absolute atomic E-state index is 13.5. The number of quaternary nitrogens is 1. The number of anilines is 1. The fraction of sp³-hybridized carbons (Fsp3) is 0.467. The average Bonchev–Trinajstić information content (AvgIpc) is 2.47. The molecule has 0 aromatic heterocycles. The molecule has 0 radical (unpaired) electrons. The van der Waals surface area contributed by atoms with Crippen molar-refractivity contribution in [2.75, 3.05) is 25.5 Å². The molecule has 23 heavy (non-hydrogen) atoms. The monoisotopic (exact) mass is 332 g/mol. The fourth-order valence-electron chi connectivity index (χ4n) is 1.86. The molecule has 0 aliphatic heterocycles. The van der Waals surface area contributed by atoms with Crippen LogP contribution >= 0.6 is 0 Å². The van der Waals surface area contributed by atoms with E-state index in [4.69, 9.17) is 0 Å². The second kappa shape index (κ2) is 8.52. The lowest BCUT2D eigenvalue weighted by atomic mass is 10.2. The average molecular weight is 332 g/mol. The van der Waals surface area contributed by atoms with Gasteiger partial charge in [0.25, 0.3) is 11.8 Å². The van der Waals surface area contributed by atoms with Gasteiger partial charge in [-0.05, 0) is 25.5 Å². The number of rotatable bonds is 7. The molecule has 8 heteroatoms. The molecular weight excluding hydrogens is 311 g/mol. The third-order valence-corrected chi connectivity index (χ3v) is 3.25. The predicted molar refractivity (Wildman–Crippen MR) is 79.5 cm³/mol. The van der Waals surface area contributed by atoms with Gasteiger partial charge in [-0.3, -0.25) is 9.59 Å². The quantitative estimate of drug-likeness (QED) is 0.636. The van der Waals surface area contributed by atoms with Gasteiger partial charge in [0, 0.05) is 6.04 Å². The van der Waals surface area contributed by atoms with Gasteiger partial charge < -0.3 is 15.5 Å². The Bertz CT molecular complexity index is 581. The van der Waals surface area contributed by atoms with Gasteiger partial charge in [-0.1, -0.05) is 6.92 Å². The topological polar surface area (TPSA) is 62.6 Å². The highest BCUT2D eigenvalue weighted by Crippen LogP contribution is 2.19. The summed E-state index contributed by atoms with van der Waals surface area (Å²) in [7, 11) is 1.62.